The van der Waals surface area contributed by atoms with Crippen LogP contribution in [0.15, 0.2) is 16.7 Å². The van der Waals surface area contributed by atoms with E-state index in [4.69, 9.17) is 10.3 Å². The van der Waals surface area contributed by atoms with Crippen LogP contribution < -0.4 is 5.73 Å². The number of halogens is 2. The number of hydrogen-bond acceptors (Lipinski definition) is 5. The Hall–Kier alpha value is -2.51. The quantitative estimate of drug-likeness (QED) is 0.761. The molecule has 0 radical (unpaired) electrons. The lowest BCUT2D eigenvalue weighted by molar-refractivity contribution is 0.386. The monoisotopic (exact) mass is 265 g/mol. The summed E-state index contributed by atoms with van der Waals surface area (Å²) in [5, 5.41) is 3.71. The number of imidazole rings is 1. The van der Waals surface area contributed by atoms with Gasteiger partial charge in [0.05, 0.1) is 12.1 Å². The number of aryl methyl sites for hydroxylation is 1. The topological polar surface area (TPSA) is 82.8 Å². The van der Waals surface area contributed by atoms with Crippen LogP contribution in [0.3, 0.4) is 0 Å². The number of anilines is 1. The lowest BCUT2D eigenvalue weighted by atomic mass is 10.3. The van der Waals surface area contributed by atoms with Gasteiger partial charge in [-0.1, -0.05) is 5.16 Å². The van der Waals surface area contributed by atoms with Crippen LogP contribution in [0.1, 0.15) is 11.7 Å². The van der Waals surface area contributed by atoms with E-state index in [1.807, 2.05) is 0 Å². The molecule has 98 valence electrons. The maximum atomic E-state index is 13.6. The van der Waals surface area contributed by atoms with E-state index in [0.717, 1.165) is 12.1 Å². The molecule has 0 saturated heterocycles. The molecule has 0 bridgehead atoms. The van der Waals surface area contributed by atoms with Gasteiger partial charge in [-0.3, -0.25) is 0 Å². The third-order valence-electron chi connectivity index (χ3n) is 2.67. The Kier molecular flexibility index (Phi) is 2.44. The Labute approximate surface area is 105 Å². The molecule has 2 aromatic heterocycles. The summed E-state index contributed by atoms with van der Waals surface area (Å²) in [7, 11) is 0. The summed E-state index contributed by atoms with van der Waals surface area (Å²) in [5.74, 6) is -0.648. The number of fused-ring (bicyclic) bond motifs is 1. The second-order valence-electron chi connectivity index (χ2n) is 4.04. The first-order valence-corrected chi connectivity index (χ1v) is 5.44. The Morgan fingerprint density at radius 2 is 2.11 bits per heavy atom. The number of rotatable bonds is 2. The van der Waals surface area contributed by atoms with Crippen molar-refractivity contribution in [2.45, 2.75) is 13.5 Å². The van der Waals surface area contributed by atoms with Gasteiger partial charge in [0.25, 0.3) is 0 Å². The van der Waals surface area contributed by atoms with Crippen LogP contribution in [0.2, 0.25) is 0 Å². The van der Waals surface area contributed by atoms with Crippen LogP contribution in [-0.2, 0) is 6.54 Å². The second kappa shape index (κ2) is 4.01. The minimum absolute atomic E-state index is 0.0131. The van der Waals surface area contributed by atoms with Crippen LogP contribution in [0.25, 0.3) is 11.0 Å². The van der Waals surface area contributed by atoms with Crippen LogP contribution in [0, 0.1) is 18.6 Å². The summed E-state index contributed by atoms with van der Waals surface area (Å²) in [5.41, 5.74) is 5.96. The van der Waals surface area contributed by atoms with Crippen molar-refractivity contribution in [2.24, 2.45) is 0 Å². The summed E-state index contributed by atoms with van der Waals surface area (Å²) in [6, 6.07) is 1.92. The van der Waals surface area contributed by atoms with Crippen molar-refractivity contribution >= 4 is 17.0 Å². The van der Waals surface area contributed by atoms with Crippen LogP contribution in [0.5, 0.6) is 0 Å². The number of hydrogen-bond donors (Lipinski definition) is 1. The zero-order valence-electron chi connectivity index (χ0n) is 9.89. The fraction of sp³-hybridized carbons (Fsp3) is 0.182. The standard InChI is InChI=1S/C11H9F2N5O/c1-5-15-9(17-19-5)4-18-8-3-6(12)2-7(13)10(8)16-11(18)14/h2-3H,4H2,1H3,(H2,14,16). The Morgan fingerprint density at radius 3 is 2.79 bits per heavy atom. The molecule has 0 aliphatic heterocycles. The Morgan fingerprint density at radius 1 is 1.32 bits per heavy atom. The first kappa shape index (κ1) is 11.6. The third kappa shape index (κ3) is 1.90. The Balaban J connectivity index is 2.15. The molecular weight excluding hydrogens is 256 g/mol. The number of nitrogens with zero attached hydrogens (tertiary/aromatic N) is 4. The van der Waals surface area contributed by atoms with E-state index in [1.54, 1.807) is 6.92 Å². The zero-order valence-corrected chi connectivity index (χ0v) is 9.89. The highest BCUT2D eigenvalue weighted by Crippen LogP contribution is 2.22. The zero-order chi connectivity index (χ0) is 13.6. The normalized spacial score (nSPS) is 11.3. The molecule has 0 spiro atoms. The van der Waals surface area contributed by atoms with Gasteiger partial charge in [-0.2, -0.15) is 4.98 Å². The first-order valence-electron chi connectivity index (χ1n) is 5.44. The highest BCUT2D eigenvalue weighted by atomic mass is 19.1. The van der Waals surface area contributed by atoms with E-state index in [-0.39, 0.29) is 23.5 Å². The van der Waals surface area contributed by atoms with Crippen molar-refractivity contribution in [3.8, 4) is 0 Å². The highest BCUT2D eigenvalue weighted by molar-refractivity contribution is 5.79. The Bertz CT molecular complexity index is 764. The molecule has 0 atom stereocenters. The van der Waals surface area contributed by atoms with Gasteiger partial charge in [0, 0.05) is 19.1 Å². The van der Waals surface area contributed by atoms with Crippen molar-refractivity contribution < 1.29 is 13.3 Å². The summed E-state index contributed by atoms with van der Waals surface area (Å²) in [6.07, 6.45) is 0. The minimum Gasteiger partial charge on any atom is -0.369 e. The molecule has 0 unspecified atom stereocenters. The highest BCUT2D eigenvalue weighted by Gasteiger charge is 2.15. The summed E-state index contributed by atoms with van der Waals surface area (Å²) in [6.45, 7) is 1.77. The molecule has 0 aliphatic carbocycles. The third-order valence-corrected chi connectivity index (χ3v) is 2.67. The molecule has 2 N–H and O–H groups in total. The lowest BCUT2D eigenvalue weighted by Crippen LogP contribution is -2.06. The van der Waals surface area contributed by atoms with Gasteiger partial charge >= 0.3 is 0 Å². The van der Waals surface area contributed by atoms with Crippen molar-refractivity contribution in [1.29, 1.82) is 0 Å². The smallest absolute Gasteiger partial charge is 0.223 e. The molecule has 6 nitrogen and oxygen atoms in total. The molecule has 0 aliphatic rings. The molecule has 0 fully saturated rings. The van der Waals surface area contributed by atoms with E-state index in [9.17, 15) is 8.78 Å². The maximum absolute atomic E-state index is 13.6. The maximum Gasteiger partial charge on any atom is 0.223 e. The fourth-order valence-corrected chi connectivity index (χ4v) is 1.88. The molecule has 1 aromatic carbocycles. The molecule has 0 amide bonds. The summed E-state index contributed by atoms with van der Waals surface area (Å²) in [4.78, 5) is 7.88. The van der Waals surface area contributed by atoms with Crippen molar-refractivity contribution in [3.63, 3.8) is 0 Å². The number of benzene rings is 1. The average molecular weight is 265 g/mol. The van der Waals surface area contributed by atoms with Crippen molar-refractivity contribution in [2.75, 3.05) is 5.73 Å². The van der Waals surface area contributed by atoms with Crippen molar-refractivity contribution in [1.82, 2.24) is 19.7 Å². The van der Waals surface area contributed by atoms with E-state index >= 15 is 0 Å². The number of nitrogens with two attached hydrogens (primary N) is 1. The van der Waals surface area contributed by atoms with Crippen molar-refractivity contribution in [3.05, 3.63) is 35.5 Å². The minimum atomic E-state index is -0.759. The van der Waals surface area contributed by atoms with E-state index in [0.29, 0.717) is 11.7 Å². The SMILES string of the molecule is Cc1nc(Cn2c(N)nc3c(F)cc(F)cc32)no1. The molecule has 3 rings (SSSR count). The molecule has 0 saturated carbocycles. The van der Waals surface area contributed by atoms with Crippen LogP contribution >= 0.6 is 0 Å². The van der Waals surface area contributed by atoms with E-state index < -0.39 is 11.6 Å². The molecule has 2 heterocycles. The number of nitrogen functional groups attached to an aromatic ring is 1. The van der Waals surface area contributed by atoms with Gasteiger partial charge in [0.1, 0.15) is 11.3 Å². The van der Waals surface area contributed by atoms with Gasteiger partial charge < -0.3 is 14.8 Å². The number of aromatic nitrogens is 4. The lowest BCUT2D eigenvalue weighted by Gasteiger charge is -2.02. The van der Waals surface area contributed by atoms with Gasteiger partial charge in [-0.05, 0) is 0 Å². The largest absolute Gasteiger partial charge is 0.369 e. The first-order chi connectivity index (χ1) is 9.04. The molecule has 8 heteroatoms. The van der Waals surface area contributed by atoms with Gasteiger partial charge in [-0.25, -0.2) is 13.8 Å². The van der Waals surface area contributed by atoms with Crippen LogP contribution in [0.4, 0.5) is 14.7 Å². The fourth-order valence-electron chi connectivity index (χ4n) is 1.88. The second-order valence-corrected chi connectivity index (χ2v) is 4.04. The summed E-state index contributed by atoms with van der Waals surface area (Å²) >= 11 is 0. The van der Waals surface area contributed by atoms with Gasteiger partial charge in [0.15, 0.2) is 11.6 Å². The van der Waals surface area contributed by atoms with E-state index in [1.165, 1.54) is 4.57 Å². The molecule has 3 aromatic rings. The predicted molar refractivity (Wildman–Crippen MR) is 62.2 cm³/mol. The summed E-state index contributed by atoms with van der Waals surface area (Å²) < 4.78 is 33.1. The van der Waals surface area contributed by atoms with Gasteiger partial charge in [-0.15, -0.1) is 0 Å². The average Bonchev–Trinajstić information content (AvgIpc) is 2.87. The molecular formula is C11H9F2N5O. The molecule has 19 heavy (non-hydrogen) atoms. The van der Waals surface area contributed by atoms with E-state index in [2.05, 4.69) is 15.1 Å². The van der Waals surface area contributed by atoms with Gasteiger partial charge in [0.2, 0.25) is 11.8 Å². The predicted octanol–water partition coefficient (Wildman–Crippen LogP) is 1.64. The van der Waals surface area contributed by atoms with Crippen LogP contribution in [-0.4, -0.2) is 19.7 Å².